The number of rotatable bonds is 6. The van der Waals surface area contributed by atoms with E-state index in [4.69, 9.17) is 0 Å². The maximum Gasteiger partial charge on any atom is 0.246 e. The Kier molecular flexibility index (Phi) is 7.88. The van der Waals surface area contributed by atoms with Crippen LogP contribution in [0.2, 0.25) is 0 Å². The number of benzene rings is 2. The second kappa shape index (κ2) is 11.3. The van der Waals surface area contributed by atoms with Gasteiger partial charge >= 0.3 is 0 Å². The van der Waals surface area contributed by atoms with Crippen molar-refractivity contribution in [2.75, 3.05) is 32.7 Å². The first kappa shape index (κ1) is 26.5. The molecule has 2 aliphatic rings. The lowest BCUT2D eigenvalue weighted by atomic mass is 9.86. The van der Waals surface area contributed by atoms with E-state index in [-0.39, 0.29) is 29.1 Å². The number of aliphatic hydroxyl groups is 2. The summed E-state index contributed by atoms with van der Waals surface area (Å²) in [6, 6.07) is 7.74. The fourth-order valence-corrected chi connectivity index (χ4v) is 5.82. The van der Waals surface area contributed by atoms with Crippen LogP contribution in [0.5, 0.6) is 0 Å². The molecule has 2 aromatic carbocycles. The number of likely N-dealkylation sites (tertiary alicyclic amines) is 2. The SMILES string of the molecule is O=C(/C=C/c1cc(F)cc(F)c1)N1CCC(C(O)CN2CCC(c3c[nH]c4cc(F)ccc34)C(O)C2)CC1. The summed E-state index contributed by atoms with van der Waals surface area (Å²) in [4.78, 5) is 19.4. The molecule has 3 atom stereocenters. The third-order valence-electron chi connectivity index (χ3n) is 7.89. The summed E-state index contributed by atoms with van der Waals surface area (Å²) in [6.07, 6.45) is 5.44. The lowest BCUT2D eigenvalue weighted by molar-refractivity contribution is -0.128. The Morgan fingerprint density at radius 2 is 1.76 bits per heavy atom. The molecule has 2 fully saturated rings. The largest absolute Gasteiger partial charge is 0.392 e. The van der Waals surface area contributed by atoms with E-state index in [9.17, 15) is 28.2 Å². The topological polar surface area (TPSA) is 79.8 Å². The van der Waals surface area contributed by atoms with Gasteiger partial charge in [0.2, 0.25) is 5.91 Å². The van der Waals surface area contributed by atoms with Gasteiger partial charge in [-0.15, -0.1) is 0 Å². The zero-order chi connectivity index (χ0) is 26.8. The minimum Gasteiger partial charge on any atom is -0.392 e. The van der Waals surface area contributed by atoms with E-state index in [1.165, 1.54) is 24.3 Å². The smallest absolute Gasteiger partial charge is 0.246 e. The monoisotopic (exact) mass is 527 g/mol. The summed E-state index contributed by atoms with van der Waals surface area (Å²) in [7, 11) is 0. The number of β-amino-alcohol motifs (C(OH)–C–C–N with tert-alkyl or cyclic N) is 2. The number of hydrogen-bond acceptors (Lipinski definition) is 4. The molecule has 0 saturated carbocycles. The Morgan fingerprint density at radius 1 is 1.03 bits per heavy atom. The summed E-state index contributed by atoms with van der Waals surface area (Å²) in [5, 5.41) is 22.7. The van der Waals surface area contributed by atoms with Gasteiger partial charge in [-0.3, -0.25) is 9.69 Å². The van der Waals surface area contributed by atoms with Crippen LogP contribution in [0.1, 0.15) is 36.3 Å². The molecule has 1 amide bonds. The average Bonchev–Trinajstić information content (AvgIpc) is 3.29. The highest BCUT2D eigenvalue weighted by Crippen LogP contribution is 2.34. The zero-order valence-electron chi connectivity index (χ0n) is 21.0. The average molecular weight is 528 g/mol. The fraction of sp³-hybridized carbons (Fsp3) is 0.414. The molecule has 6 nitrogen and oxygen atoms in total. The Balaban J connectivity index is 1.10. The minimum absolute atomic E-state index is 0.0405. The van der Waals surface area contributed by atoms with E-state index in [0.29, 0.717) is 44.5 Å². The van der Waals surface area contributed by atoms with Gasteiger partial charge in [-0.2, -0.15) is 0 Å². The molecule has 2 saturated heterocycles. The van der Waals surface area contributed by atoms with Crippen molar-refractivity contribution in [3.05, 3.63) is 77.2 Å². The quantitative estimate of drug-likeness (QED) is 0.423. The number of aromatic nitrogens is 1. The van der Waals surface area contributed by atoms with Crippen LogP contribution in [-0.2, 0) is 4.79 Å². The van der Waals surface area contributed by atoms with Crippen molar-refractivity contribution in [2.45, 2.75) is 37.4 Å². The van der Waals surface area contributed by atoms with Crippen LogP contribution in [0.3, 0.4) is 0 Å². The van der Waals surface area contributed by atoms with Crippen molar-refractivity contribution in [2.24, 2.45) is 5.92 Å². The fourth-order valence-electron chi connectivity index (χ4n) is 5.82. The first-order valence-electron chi connectivity index (χ1n) is 13.0. The van der Waals surface area contributed by atoms with Crippen LogP contribution < -0.4 is 0 Å². The summed E-state index contributed by atoms with van der Waals surface area (Å²) >= 11 is 0. The van der Waals surface area contributed by atoms with Crippen molar-refractivity contribution in [3.8, 4) is 0 Å². The summed E-state index contributed by atoms with van der Waals surface area (Å²) < 4.78 is 40.2. The first-order valence-corrected chi connectivity index (χ1v) is 13.0. The Bertz CT molecular complexity index is 1300. The number of amides is 1. The second-order valence-corrected chi connectivity index (χ2v) is 10.4. The highest BCUT2D eigenvalue weighted by atomic mass is 19.1. The van der Waals surface area contributed by atoms with Crippen LogP contribution >= 0.6 is 0 Å². The number of piperidine rings is 2. The zero-order valence-corrected chi connectivity index (χ0v) is 21.0. The van der Waals surface area contributed by atoms with Crippen molar-refractivity contribution in [1.29, 1.82) is 0 Å². The van der Waals surface area contributed by atoms with Crippen molar-refractivity contribution >= 4 is 22.9 Å². The third kappa shape index (κ3) is 5.95. The number of hydrogen-bond donors (Lipinski definition) is 3. The molecule has 202 valence electrons. The molecule has 38 heavy (non-hydrogen) atoms. The molecule has 3 aromatic rings. The van der Waals surface area contributed by atoms with E-state index in [2.05, 4.69) is 9.88 Å². The molecular weight excluding hydrogens is 495 g/mol. The summed E-state index contributed by atoms with van der Waals surface area (Å²) in [6.45, 7) is 2.61. The van der Waals surface area contributed by atoms with Gasteiger partial charge in [-0.25, -0.2) is 13.2 Å². The maximum atomic E-state index is 13.5. The number of nitrogens with one attached hydrogen (secondary N) is 1. The Hall–Kier alpha value is -3.14. The van der Waals surface area contributed by atoms with Gasteiger partial charge < -0.3 is 20.1 Å². The van der Waals surface area contributed by atoms with E-state index in [0.717, 1.165) is 42.1 Å². The van der Waals surface area contributed by atoms with Gasteiger partial charge in [0.05, 0.1) is 12.2 Å². The van der Waals surface area contributed by atoms with Crippen LogP contribution in [0.25, 0.3) is 17.0 Å². The number of aromatic amines is 1. The molecule has 3 unspecified atom stereocenters. The molecule has 0 radical (unpaired) electrons. The minimum atomic E-state index is -0.696. The van der Waals surface area contributed by atoms with Crippen molar-refractivity contribution in [1.82, 2.24) is 14.8 Å². The maximum absolute atomic E-state index is 13.5. The van der Waals surface area contributed by atoms with Crippen LogP contribution in [0.4, 0.5) is 13.2 Å². The van der Waals surface area contributed by atoms with Crippen molar-refractivity contribution < 1.29 is 28.2 Å². The Morgan fingerprint density at radius 3 is 2.47 bits per heavy atom. The van der Waals surface area contributed by atoms with Gasteiger partial charge in [-0.05, 0) is 79.3 Å². The molecule has 3 heterocycles. The molecule has 1 aromatic heterocycles. The molecule has 0 spiro atoms. The predicted molar refractivity (Wildman–Crippen MR) is 139 cm³/mol. The van der Waals surface area contributed by atoms with Gasteiger partial charge in [0.25, 0.3) is 0 Å². The van der Waals surface area contributed by atoms with E-state index < -0.39 is 23.8 Å². The molecule has 9 heteroatoms. The van der Waals surface area contributed by atoms with E-state index in [1.54, 1.807) is 11.0 Å². The Labute approximate surface area is 219 Å². The molecule has 5 rings (SSSR count). The highest BCUT2D eigenvalue weighted by molar-refractivity contribution is 5.91. The van der Waals surface area contributed by atoms with Crippen LogP contribution in [-0.4, -0.2) is 75.8 Å². The number of carbonyl (C=O) groups excluding carboxylic acids is 1. The molecule has 2 aliphatic heterocycles. The van der Waals surface area contributed by atoms with Gasteiger partial charge in [0, 0.05) is 61.3 Å². The number of carbonyl (C=O) groups is 1. The van der Waals surface area contributed by atoms with Gasteiger partial charge in [0.15, 0.2) is 0 Å². The number of halogens is 3. The van der Waals surface area contributed by atoms with Gasteiger partial charge in [0.1, 0.15) is 17.5 Å². The number of nitrogens with zero attached hydrogens (tertiary/aromatic N) is 2. The lowest BCUT2D eigenvalue weighted by Gasteiger charge is -2.39. The van der Waals surface area contributed by atoms with E-state index in [1.807, 2.05) is 6.20 Å². The number of aliphatic hydroxyl groups excluding tert-OH is 2. The van der Waals surface area contributed by atoms with Gasteiger partial charge in [-0.1, -0.05) is 0 Å². The number of H-pyrrole nitrogens is 1. The number of fused-ring (bicyclic) bond motifs is 1. The summed E-state index contributed by atoms with van der Waals surface area (Å²) in [5.74, 6) is -1.95. The normalized spacial score (nSPS) is 22.4. The molecule has 0 bridgehead atoms. The summed E-state index contributed by atoms with van der Waals surface area (Å²) in [5.41, 5.74) is 1.99. The molecule has 0 aliphatic carbocycles. The second-order valence-electron chi connectivity index (χ2n) is 10.4. The van der Waals surface area contributed by atoms with E-state index >= 15 is 0 Å². The molecular formula is C29H32F3N3O3. The van der Waals surface area contributed by atoms with Crippen LogP contribution in [0.15, 0.2) is 48.7 Å². The highest BCUT2D eigenvalue weighted by Gasteiger charge is 2.33. The lowest BCUT2D eigenvalue weighted by Crippen LogP contribution is -2.48. The predicted octanol–water partition coefficient (Wildman–Crippen LogP) is 4.05. The first-order chi connectivity index (χ1) is 18.3. The van der Waals surface area contributed by atoms with Crippen LogP contribution in [0, 0.1) is 23.4 Å². The molecule has 3 N–H and O–H groups in total. The third-order valence-corrected chi connectivity index (χ3v) is 7.89. The van der Waals surface area contributed by atoms with Crippen molar-refractivity contribution in [3.63, 3.8) is 0 Å². The standard InChI is InChI=1S/C29H32F3N3O3/c30-20-2-3-23-25(15-33-26(23)14-20)24-7-8-34(17-28(24)37)16-27(36)19-5-9-35(10-6-19)29(38)4-1-18-11-21(31)13-22(32)12-18/h1-4,11-15,19,24,27-28,33,36-37H,5-10,16-17H2/b4-1+.